The molecule has 2 aromatic carbocycles. The zero-order valence-corrected chi connectivity index (χ0v) is 23.4. The van der Waals surface area contributed by atoms with Gasteiger partial charge in [0.25, 0.3) is 10.0 Å². The van der Waals surface area contributed by atoms with Crippen molar-refractivity contribution in [1.29, 1.82) is 0 Å². The number of unbranched alkanes of at least 4 members (excludes halogenated alkanes) is 2. The lowest BCUT2D eigenvalue weighted by Crippen LogP contribution is -2.15. The summed E-state index contributed by atoms with van der Waals surface area (Å²) in [6.45, 7) is 4.64. The molecule has 4 rings (SSSR count). The number of carbonyl (C=O) groups is 2. The molecule has 0 amide bonds. The molecule has 208 valence electrons. The number of fused-ring (bicyclic) bond motifs is 3. The highest BCUT2D eigenvalue weighted by molar-refractivity contribution is 7.90. The summed E-state index contributed by atoms with van der Waals surface area (Å²) < 4.78 is 40.0. The van der Waals surface area contributed by atoms with Crippen LogP contribution in [0, 0.1) is 0 Å². The first-order chi connectivity index (χ1) is 19.4. The maximum absolute atomic E-state index is 14.1. The van der Waals surface area contributed by atoms with Crippen LogP contribution in [-0.4, -0.2) is 42.5 Å². The Kier molecular flexibility index (Phi) is 9.50. The van der Waals surface area contributed by atoms with Crippen LogP contribution in [0.4, 0.5) is 0 Å². The minimum atomic E-state index is -4.20. The van der Waals surface area contributed by atoms with E-state index in [-0.39, 0.29) is 5.03 Å². The van der Waals surface area contributed by atoms with Gasteiger partial charge in [-0.25, -0.2) is 18.5 Å². The molecular weight excluding hydrogens is 528 g/mol. The first-order valence-electron chi connectivity index (χ1n) is 13.3. The number of ether oxygens (including phenoxy) is 2. The predicted molar refractivity (Wildman–Crippen MR) is 156 cm³/mol. The van der Waals surface area contributed by atoms with Crippen molar-refractivity contribution < 1.29 is 27.5 Å². The lowest BCUT2D eigenvalue weighted by Gasteiger charge is -2.11. The number of nitrogens with zero attached hydrogens (tertiary/aromatic N) is 2. The zero-order valence-electron chi connectivity index (χ0n) is 22.6. The Labute approximate surface area is 234 Å². The van der Waals surface area contributed by atoms with E-state index in [1.54, 1.807) is 48.6 Å². The molecule has 0 aliphatic heterocycles. The second-order valence-electron chi connectivity index (χ2n) is 9.13. The number of carbonyl (C=O) groups excluding carboxylic acids is 2. The number of rotatable bonds is 12. The van der Waals surface area contributed by atoms with Gasteiger partial charge in [-0.1, -0.05) is 69.2 Å². The van der Waals surface area contributed by atoms with Gasteiger partial charge in [0, 0.05) is 40.2 Å². The Balaban J connectivity index is 1.93. The van der Waals surface area contributed by atoms with Gasteiger partial charge in [0.1, 0.15) is 0 Å². The normalized spacial score (nSPS) is 12.1. The largest absolute Gasteiger partial charge is 0.463 e. The summed E-state index contributed by atoms with van der Waals surface area (Å²) in [5.41, 5.74) is 1.78. The molecule has 8 nitrogen and oxygen atoms in total. The van der Waals surface area contributed by atoms with Crippen LogP contribution in [0.25, 0.3) is 34.0 Å². The fourth-order valence-electron chi connectivity index (χ4n) is 4.27. The Bertz CT molecular complexity index is 1580. The number of benzene rings is 2. The zero-order chi connectivity index (χ0) is 28.5. The van der Waals surface area contributed by atoms with Gasteiger partial charge in [-0.15, -0.1) is 0 Å². The van der Waals surface area contributed by atoms with Crippen LogP contribution >= 0.6 is 0 Å². The van der Waals surface area contributed by atoms with Crippen molar-refractivity contribution in [1.82, 2.24) is 8.96 Å². The van der Waals surface area contributed by atoms with Crippen molar-refractivity contribution in [2.75, 3.05) is 13.2 Å². The summed E-state index contributed by atoms with van der Waals surface area (Å²) in [5, 5.41) is 1.19. The van der Waals surface area contributed by atoms with Crippen LogP contribution < -0.4 is 0 Å². The molecule has 9 heteroatoms. The molecule has 40 heavy (non-hydrogen) atoms. The minimum Gasteiger partial charge on any atom is -0.463 e. The molecule has 0 unspecified atom stereocenters. The second kappa shape index (κ2) is 13.2. The van der Waals surface area contributed by atoms with E-state index in [1.807, 2.05) is 26.0 Å². The first-order valence-corrected chi connectivity index (χ1v) is 14.7. The maximum Gasteiger partial charge on any atom is 0.330 e. The fraction of sp³-hybridized carbons (Fsp3) is 0.258. The average Bonchev–Trinajstić information content (AvgIpc) is 3.32. The molecule has 0 atom stereocenters. The van der Waals surface area contributed by atoms with Crippen molar-refractivity contribution in [3.8, 4) is 0 Å². The van der Waals surface area contributed by atoms with Gasteiger partial charge < -0.3 is 9.47 Å². The smallest absolute Gasteiger partial charge is 0.330 e. The molecule has 0 saturated carbocycles. The Morgan fingerprint density at radius 2 is 1.30 bits per heavy atom. The van der Waals surface area contributed by atoms with Gasteiger partial charge >= 0.3 is 11.9 Å². The molecular formula is C31H32N2O6S. The number of hydrogen-bond donors (Lipinski definition) is 0. The van der Waals surface area contributed by atoms with E-state index in [9.17, 15) is 18.0 Å². The van der Waals surface area contributed by atoms with Gasteiger partial charge in [-0.3, -0.25) is 0 Å². The Morgan fingerprint density at radius 3 is 1.75 bits per heavy atom. The van der Waals surface area contributed by atoms with Crippen LogP contribution in [0.15, 0.2) is 78.0 Å². The quantitative estimate of drug-likeness (QED) is 0.116. The fourth-order valence-corrected chi connectivity index (χ4v) is 5.79. The van der Waals surface area contributed by atoms with E-state index in [0.717, 1.165) is 25.7 Å². The monoisotopic (exact) mass is 560 g/mol. The average molecular weight is 561 g/mol. The summed E-state index contributed by atoms with van der Waals surface area (Å²) in [6, 6.07) is 15.4. The van der Waals surface area contributed by atoms with E-state index in [1.165, 1.54) is 28.4 Å². The molecule has 2 heterocycles. The standard InChI is InChI=1S/C31H32N2O6S/c1-3-5-21-38-28(34)18-16-23-11-9-13-25-26-14-10-12-24(17-19-29(35)39-22-6-4-2)31(26)33(30(23)25)40(36,37)27-15-7-8-20-32-27/h7-20H,3-6,21-22H2,1-2H3/b18-16-,19-17+. The second-order valence-corrected chi connectivity index (χ2v) is 10.9. The van der Waals surface area contributed by atoms with E-state index >= 15 is 0 Å². The molecule has 0 N–H and O–H groups in total. The number of aromatic nitrogens is 2. The van der Waals surface area contributed by atoms with E-state index in [4.69, 9.17) is 9.47 Å². The van der Waals surface area contributed by atoms with E-state index in [0.29, 0.717) is 46.1 Å². The Morgan fingerprint density at radius 1 is 0.775 bits per heavy atom. The van der Waals surface area contributed by atoms with E-state index < -0.39 is 22.0 Å². The molecule has 0 aliphatic carbocycles. The van der Waals surface area contributed by atoms with Gasteiger partial charge in [0.15, 0.2) is 5.03 Å². The summed E-state index contributed by atoms with van der Waals surface area (Å²) in [6.07, 6.45) is 10.4. The van der Waals surface area contributed by atoms with Crippen LogP contribution in [0.3, 0.4) is 0 Å². The van der Waals surface area contributed by atoms with Crippen LogP contribution in [0.2, 0.25) is 0 Å². The van der Waals surface area contributed by atoms with E-state index in [2.05, 4.69) is 4.98 Å². The highest BCUT2D eigenvalue weighted by atomic mass is 32.2. The summed E-state index contributed by atoms with van der Waals surface area (Å²) in [5.74, 6) is -1.02. The third-order valence-corrected chi connectivity index (χ3v) is 7.87. The molecule has 0 bridgehead atoms. The Hall–Kier alpha value is -4.24. The van der Waals surface area contributed by atoms with Crippen molar-refractivity contribution in [3.63, 3.8) is 0 Å². The van der Waals surface area contributed by atoms with Gasteiger partial charge in [0.05, 0.1) is 24.2 Å². The predicted octanol–water partition coefficient (Wildman–Crippen LogP) is 6.14. The summed E-state index contributed by atoms with van der Waals surface area (Å²) in [7, 11) is -4.20. The molecule has 0 aliphatic rings. The van der Waals surface area contributed by atoms with Crippen molar-refractivity contribution in [2.45, 2.75) is 44.6 Å². The molecule has 4 aromatic rings. The summed E-state index contributed by atoms with van der Waals surface area (Å²) in [4.78, 5) is 28.7. The van der Waals surface area contributed by atoms with Gasteiger partial charge in [0.2, 0.25) is 0 Å². The van der Waals surface area contributed by atoms with Gasteiger partial charge in [-0.05, 0) is 37.1 Å². The molecule has 0 radical (unpaired) electrons. The number of pyridine rings is 1. The topological polar surface area (TPSA) is 105 Å². The molecule has 0 spiro atoms. The highest BCUT2D eigenvalue weighted by Gasteiger charge is 2.26. The molecule has 0 fully saturated rings. The third-order valence-electron chi connectivity index (χ3n) is 6.26. The SMILES string of the molecule is CCCCOC(=O)/C=C\c1cccc2c3cccc(/C=C/C(=O)OCCCC)c3n(S(=O)(=O)c3ccccn3)c12. The van der Waals surface area contributed by atoms with Crippen molar-refractivity contribution >= 4 is 55.9 Å². The van der Waals surface area contributed by atoms with Crippen molar-refractivity contribution in [3.05, 3.63) is 84.1 Å². The lowest BCUT2D eigenvalue weighted by molar-refractivity contribution is -0.138. The first kappa shape index (κ1) is 28.8. The van der Waals surface area contributed by atoms with Crippen LogP contribution in [0.5, 0.6) is 0 Å². The maximum atomic E-state index is 14.1. The van der Waals surface area contributed by atoms with Crippen LogP contribution in [-0.2, 0) is 29.1 Å². The molecule has 0 saturated heterocycles. The number of hydrogen-bond acceptors (Lipinski definition) is 7. The minimum absolute atomic E-state index is 0.135. The third kappa shape index (κ3) is 6.31. The lowest BCUT2D eigenvalue weighted by atomic mass is 10.1. The molecule has 2 aromatic heterocycles. The van der Waals surface area contributed by atoms with Crippen LogP contribution in [0.1, 0.15) is 50.7 Å². The highest BCUT2D eigenvalue weighted by Crippen LogP contribution is 2.36. The van der Waals surface area contributed by atoms with Crippen molar-refractivity contribution in [2.24, 2.45) is 0 Å². The summed E-state index contributed by atoms with van der Waals surface area (Å²) >= 11 is 0. The van der Waals surface area contributed by atoms with Gasteiger partial charge in [-0.2, -0.15) is 8.42 Å². The number of esters is 2. The number of para-hydroxylation sites is 2.